The van der Waals surface area contributed by atoms with Crippen LogP contribution in [-0.4, -0.2) is 14.2 Å². The van der Waals surface area contributed by atoms with Crippen molar-refractivity contribution in [2.24, 2.45) is 0 Å². The molecular weight excluding hydrogens is 384 g/mol. The molecule has 0 aromatic heterocycles. The third kappa shape index (κ3) is 2.25. The number of halogens is 2. The SMILES string of the molecule is COC1c2cc(Br)ccc2-c2ccc(Br)cc2C1OC. The Labute approximate surface area is 135 Å². The summed E-state index contributed by atoms with van der Waals surface area (Å²) in [5, 5.41) is 0. The van der Waals surface area contributed by atoms with Gasteiger partial charge in [0.15, 0.2) is 0 Å². The van der Waals surface area contributed by atoms with Crippen molar-refractivity contribution in [1.82, 2.24) is 0 Å². The highest BCUT2D eigenvalue weighted by molar-refractivity contribution is 9.10. The molecule has 2 unspecified atom stereocenters. The summed E-state index contributed by atoms with van der Waals surface area (Å²) in [5.41, 5.74) is 4.72. The maximum Gasteiger partial charge on any atom is 0.113 e. The second kappa shape index (κ2) is 5.60. The largest absolute Gasteiger partial charge is 0.374 e. The Hall–Kier alpha value is -0.680. The van der Waals surface area contributed by atoms with E-state index in [0.717, 1.165) is 20.1 Å². The van der Waals surface area contributed by atoms with Crippen LogP contribution in [0.4, 0.5) is 0 Å². The standard InChI is InChI=1S/C16H14Br2O2/c1-19-15-13-7-9(17)3-5-11(13)12-6-4-10(18)8-14(12)16(15)20-2/h3-8,15-16H,1-2H3. The molecule has 0 saturated heterocycles. The number of hydrogen-bond acceptors (Lipinski definition) is 2. The first kappa shape index (κ1) is 14.3. The Kier molecular flexibility index (Phi) is 4.00. The highest BCUT2D eigenvalue weighted by Crippen LogP contribution is 2.48. The lowest BCUT2D eigenvalue weighted by molar-refractivity contribution is -0.0409. The van der Waals surface area contributed by atoms with Crippen molar-refractivity contribution in [3.05, 3.63) is 56.5 Å². The van der Waals surface area contributed by atoms with Crippen LogP contribution >= 0.6 is 31.9 Å². The fourth-order valence-corrected chi connectivity index (χ4v) is 3.61. The summed E-state index contributed by atoms with van der Waals surface area (Å²) < 4.78 is 13.5. The lowest BCUT2D eigenvalue weighted by atomic mass is 9.82. The highest BCUT2D eigenvalue weighted by Gasteiger charge is 2.34. The maximum atomic E-state index is 5.71. The molecule has 20 heavy (non-hydrogen) atoms. The fourth-order valence-electron chi connectivity index (χ4n) is 2.86. The van der Waals surface area contributed by atoms with E-state index in [9.17, 15) is 0 Å². The first-order valence-corrected chi connectivity index (χ1v) is 7.89. The van der Waals surface area contributed by atoms with Crippen molar-refractivity contribution in [2.45, 2.75) is 12.2 Å². The zero-order valence-electron chi connectivity index (χ0n) is 11.2. The second-order valence-corrected chi connectivity index (χ2v) is 6.61. The number of fused-ring (bicyclic) bond motifs is 3. The van der Waals surface area contributed by atoms with Gasteiger partial charge < -0.3 is 9.47 Å². The van der Waals surface area contributed by atoms with Gasteiger partial charge in [0.1, 0.15) is 12.2 Å². The molecular formula is C16H14Br2O2. The maximum absolute atomic E-state index is 5.71. The minimum Gasteiger partial charge on any atom is -0.374 e. The highest BCUT2D eigenvalue weighted by atomic mass is 79.9. The summed E-state index contributed by atoms with van der Waals surface area (Å²) in [7, 11) is 3.45. The summed E-state index contributed by atoms with van der Waals surface area (Å²) in [6.45, 7) is 0. The predicted octanol–water partition coefficient (Wildman–Crippen LogP) is 5.27. The average molecular weight is 398 g/mol. The smallest absolute Gasteiger partial charge is 0.113 e. The van der Waals surface area contributed by atoms with Crippen LogP contribution in [0.25, 0.3) is 11.1 Å². The van der Waals surface area contributed by atoms with Crippen LogP contribution in [0, 0.1) is 0 Å². The van der Waals surface area contributed by atoms with Gasteiger partial charge in [0.25, 0.3) is 0 Å². The van der Waals surface area contributed by atoms with E-state index in [1.54, 1.807) is 14.2 Å². The van der Waals surface area contributed by atoms with Gasteiger partial charge in [-0.05, 0) is 46.5 Å². The summed E-state index contributed by atoms with van der Waals surface area (Å²) in [6, 6.07) is 12.6. The number of hydrogen-bond donors (Lipinski definition) is 0. The van der Waals surface area contributed by atoms with E-state index in [0.29, 0.717) is 0 Å². The van der Waals surface area contributed by atoms with Crippen molar-refractivity contribution in [1.29, 1.82) is 0 Å². The second-order valence-electron chi connectivity index (χ2n) is 4.78. The van der Waals surface area contributed by atoms with Crippen LogP contribution in [-0.2, 0) is 9.47 Å². The van der Waals surface area contributed by atoms with E-state index in [1.165, 1.54) is 11.1 Å². The molecule has 0 heterocycles. The van der Waals surface area contributed by atoms with Crippen LogP contribution in [0.2, 0.25) is 0 Å². The molecule has 0 aliphatic heterocycles. The third-order valence-corrected chi connectivity index (χ3v) is 4.70. The predicted molar refractivity (Wildman–Crippen MR) is 86.8 cm³/mol. The van der Waals surface area contributed by atoms with E-state index in [2.05, 4.69) is 68.3 Å². The van der Waals surface area contributed by atoms with Crippen LogP contribution in [0.15, 0.2) is 45.3 Å². The Morgan fingerprint density at radius 3 is 1.50 bits per heavy atom. The van der Waals surface area contributed by atoms with E-state index in [1.807, 2.05) is 0 Å². The van der Waals surface area contributed by atoms with Crippen molar-refractivity contribution in [3.63, 3.8) is 0 Å². The van der Waals surface area contributed by atoms with Gasteiger partial charge >= 0.3 is 0 Å². The van der Waals surface area contributed by atoms with Gasteiger partial charge in [0, 0.05) is 23.2 Å². The summed E-state index contributed by atoms with van der Waals surface area (Å²) in [4.78, 5) is 0. The summed E-state index contributed by atoms with van der Waals surface area (Å²) in [5.74, 6) is 0. The van der Waals surface area contributed by atoms with E-state index >= 15 is 0 Å². The molecule has 2 atom stereocenters. The monoisotopic (exact) mass is 396 g/mol. The van der Waals surface area contributed by atoms with E-state index < -0.39 is 0 Å². The number of benzene rings is 2. The minimum absolute atomic E-state index is 0.103. The third-order valence-electron chi connectivity index (χ3n) is 3.71. The van der Waals surface area contributed by atoms with Gasteiger partial charge in [0.05, 0.1) is 0 Å². The molecule has 4 heteroatoms. The Bertz CT molecular complexity index is 597. The first-order valence-electron chi connectivity index (χ1n) is 6.30. The molecule has 0 radical (unpaired) electrons. The van der Waals surface area contributed by atoms with Crippen LogP contribution in [0.1, 0.15) is 23.3 Å². The quantitative estimate of drug-likeness (QED) is 0.687. The number of ether oxygens (including phenoxy) is 2. The molecule has 1 aliphatic carbocycles. The lowest BCUT2D eigenvalue weighted by Crippen LogP contribution is -2.21. The topological polar surface area (TPSA) is 18.5 Å². The lowest BCUT2D eigenvalue weighted by Gasteiger charge is -2.34. The summed E-state index contributed by atoms with van der Waals surface area (Å²) >= 11 is 7.07. The van der Waals surface area contributed by atoms with E-state index in [-0.39, 0.29) is 12.2 Å². The Balaban J connectivity index is 2.29. The molecule has 104 valence electrons. The van der Waals surface area contributed by atoms with Crippen LogP contribution in [0.3, 0.4) is 0 Å². The average Bonchev–Trinajstić information content (AvgIpc) is 2.45. The van der Waals surface area contributed by atoms with Gasteiger partial charge in [-0.25, -0.2) is 0 Å². The molecule has 0 saturated carbocycles. The minimum atomic E-state index is -0.103. The van der Waals surface area contributed by atoms with Gasteiger partial charge in [-0.1, -0.05) is 44.0 Å². The van der Waals surface area contributed by atoms with E-state index in [4.69, 9.17) is 9.47 Å². The van der Waals surface area contributed by atoms with Crippen molar-refractivity contribution in [2.75, 3.05) is 14.2 Å². The first-order chi connectivity index (χ1) is 9.65. The number of rotatable bonds is 2. The molecule has 0 N–H and O–H groups in total. The molecule has 0 spiro atoms. The molecule has 0 amide bonds. The molecule has 1 aliphatic rings. The molecule has 2 aromatic rings. The fraction of sp³-hybridized carbons (Fsp3) is 0.250. The zero-order valence-corrected chi connectivity index (χ0v) is 14.4. The zero-order chi connectivity index (χ0) is 14.3. The summed E-state index contributed by atoms with van der Waals surface area (Å²) in [6.07, 6.45) is -0.205. The Morgan fingerprint density at radius 2 is 1.15 bits per heavy atom. The molecule has 0 bridgehead atoms. The molecule has 2 aromatic carbocycles. The molecule has 0 fully saturated rings. The van der Waals surface area contributed by atoms with Gasteiger partial charge in [-0.3, -0.25) is 0 Å². The van der Waals surface area contributed by atoms with Crippen LogP contribution in [0.5, 0.6) is 0 Å². The molecule has 2 nitrogen and oxygen atoms in total. The van der Waals surface area contributed by atoms with Crippen molar-refractivity contribution >= 4 is 31.9 Å². The van der Waals surface area contributed by atoms with Gasteiger partial charge in [-0.15, -0.1) is 0 Å². The Morgan fingerprint density at radius 1 is 0.750 bits per heavy atom. The van der Waals surface area contributed by atoms with Crippen molar-refractivity contribution in [3.8, 4) is 11.1 Å². The van der Waals surface area contributed by atoms with Gasteiger partial charge in [0.2, 0.25) is 0 Å². The van der Waals surface area contributed by atoms with Gasteiger partial charge in [-0.2, -0.15) is 0 Å². The molecule has 3 rings (SSSR count). The number of methoxy groups -OCH3 is 2. The van der Waals surface area contributed by atoms with Crippen molar-refractivity contribution < 1.29 is 9.47 Å². The normalized spacial score (nSPS) is 20.4. The van der Waals surface area contributed by atoms with Crippen LogP contribution < -0.4 is 0 Å².